The van der Waals surface area contributed by atoms with Crippen LogP contribution >= 0.6 is 0 Å². The fraction of sp³-hybridized carbons (Fsp3) is 0.333. The van der Waals surface area contributed by atoms with E-state index in [9.17, 15) is 25.4 Å². The summed E-state index contributed by atoms with van der Waals surface area (Å²) in [6, 6.07) is 13.3. The van der Waals surface area contributed by atoms with Gasteiger partial charge in [0.25, 0.3) is 5.69 Å². The summed E-state index contributed by atoms with van der Waals surface area (Å²) in [6.07, 6.45) is -4.19. The number of aliphatic hydroxyl groups is 3. The molecule has 3 rings (SSSR count). The minimum Gasteiger partial charge on any atom is -0.482 e. The van der Waals surface area contributed by atoms with Crippen molar-refractivity contribution in [3.63, 3.8) is 0 Å². The average molecular weight is 361 g/mol. The van der Waals surface area contributed by atoms with E-state index in [0.29, 0.717) is 12.2 Å². The summed E-state index contributed by atoms with van der Waals surface area (Å²) in [6.45, 7) is -0.156. The van der Waals surface area contributed by atoms with E-state index in [1.54, 1.807) is 24.3 Å². The molecule has 2 aromatic rings. The van der Waals surface area contributed by atoms with Gasteiger partial charge in [-0.05, 0) is 29.7 Å². The number of hydrogen-bond acceptors (Lipinski definition) is 7. The fourth-order valence-corrected chi connectivity index (χ4v) is 2.72. The maximum absolute atomic E-state index is 10.7. The van der Waals surface area contributed by atoms with Crippen molar-refractivity contribution >= 4 is 5.69 Å². The molecule has 138 valence electrons. The minimum absolute atomic E-state index is 0.0477. The highest BCUT2D eigenvalue weighted by atomic mass is 16.6. The lowest BCUT2D eigenvalue weighted by molar-refractivity contribution is -0.384. The Hall–Kier alpha value is -2.52. The van der Waals surface area contributed by atoms with Gasteiger partial charge in [0.15, 0.2) is 12.4 Å². The zero-order valence-electron chi connectivity index (χ0n) is 13.8. The molecule has 0 radical (unpaired) electrons. The molecule has 1 fully saturated rings. The van der Waals surface area contributed by atoms with Gasteiger partial charge in [0.1, 0.15) is 18.0 Å². The normalized spacial score (nSPS) is 25.7. The maximum Gasteiger partial charge on any atom is 0.269 e. The van der Waals surface area contributed by atoms with Gasteiger partial charge in [-0.3, -0.25) is 10.1 Å². The third-order valence-corrected chi connectivity index (χ3v) is 4.20. The van der Waals surface area contributed by atoms with E-state index in [0.717, 1.165) is 11.1 Å². The number of rotatable bonds is 5. The summed E-state index contributed by atoms with van der Waals surface area (Å²) in [7, 11) is 0. The van der Waals surface area contributed by atoms with Crippen LogP contribution in [-0.2, 0) is 11.2 Å². The zero-order valence-corrected chi connectivity index (χ0v) is 13.8. The Morgan fingerprint density at radius 1 is 1.04 bits per heavy atom. The van der Waals surface area contributed by atoms with Crippen molar-refractivity contribution < 1.29 is 29.7 Å². The highest BCUT2D eigenvalue weighted by molar-refractivity contribution is 5.36. The van der Waals surface area contributed by atoms with E-state index in [2.05, 4.69) is 0 Å². The van der Waals surface area contributed by atoms with Crippen molar-refractivity contribution in [3.05, 3.63) is 69.8 Å². The van der Waals surface area contributed by atoms with E-state index in [1.807, 2.05) is 12.1 Å². The third-order valence-electron chi connectivity index (χ3n) is 4.20. The van der Waals surface area contributed by atoms with Crippen LogP contribution in [0, 0.1) is 10.1 Å². The molecule has 3 N–H and O–H groups in total. The van der Waals surface area contributed by atoms with Crippen LogP contribution in [0.5, 0.6) is 5.75 Å². The number of nitro groups is 1. The van der Waals surface area contributed by atoms with E-state index in [1.165, 1.54) is 12.1 Å². The molecule has 4 atom stereocenters. The second-order valence-corrected chi connectivity index (χ2v) is 6.11. The standard InChI is InChI=1S/C18H19NO7/c20-15-10-25-18(22)17(16(15)21)26-14-7-3-12(4-8-14)9-11-1-5-13(6-2-11)19(23)24/h1-8,15-18,20-22H,9-10H2/t15-,16+,17-,18-/m1/s1. The quantitative estimate of drug-likeness (QED) is 0.536. The molecule has 1 saturated heterocycles. The Bertz CT molecular complexity index is 747. The summed E-state index contributed by atoms with van der Waals surface area (Å²) >= 11 is 0. The molecule has 8 heteroatoms. The number of hydrogen-bond donors (Lipinski definition) is 3. The SMILES string of the molecule is O=[N+]([O-])c1ccc(Cc2ccc(O[C@@H]3[C@@H](O)[C@H](O)CO[C@H]3O)cc2)cc1. The van der Waals surface area contributed by atoms with Crippen LogP contribution in [0.2, 0.25) is 0 Å². The van der Waals surface area contributed by atoms with E-state index < -0.39 is 29.5 Å². The van der Waals surface area contributed by atoms with Crippen LogP contribution in [0.4, 0.5) is 5.69 Å². The Labute approximate surface area is 149 Å². The first-order chi connectivity index (χ1) is 12.4. The van der Waals surface area contributed by atoms with Crippen molar-refractivity contribution in [1.29, 1.82) is 0 Å². The minimum atomic E-state index is -1.33. The van der Waals surface area contributed by atoms with Gasteiger partial charge in [-0.2, -0.15) is 0 Å². The van der Waals surface area contributed by atoms with Gasteiger partial charge in [0, 0.05) is 12.1 Å². The predicted molar refractivity (Wildman–Crippen MR) is 90.7 cm³/mol. The molecule has 1 heterocycles. The topological polar surface area (TPSA) is 122 Å². The first kappa shape index (κ1) is 18.3. The Morgan fingerprint density at radius 2 is 1.62 bits per heavy atom. The number of nitro benzene ring substituents is 1. The summed E-state index contributed by atoms with van der Waals surface area (Å²) in [4.78, 5) is 10.2. The number of nitrogens with zero attached hydrogens (tertiary/aromatic N) is 1. The molecule has 1 aliphatic rings. The molecular formula is C18H19NO7. The Morgan fingerprint density at radius 3 is 2.19 bits per heavy atom. The Balaban J connectivity index is 1.63. The van der Waals surface area contributed by atoms with Crippen molar-refractivity contribution in [2.24, 2.45) is 0 Å². The first-order valence-electron chi connectivity index (χ1n) is 8.09. The van der Waals surface area contributed by atoms with Crippen LogP contribution in [0.15, 0.2) is 48.5 Å². The van der Waals surface area contributed by atoms with E-state index in [-0.39, 0.29) is 12.3 Å². The van der Waals surface area contributed by atoms with Crippen molar-refractivity contribution in [2.75, 3.05) is 6.61 Å². The lowest BCUT2D eigenvalue weighted by Crippen LogP contribution is -2.55. The molecule has 0 aromatic heterocycles. The molecule has 0 unspecified atom stereocenters. The number of ether oxygens (including phenoxy) is 2. The summed E-state index contributed by atoms with van der Waals surface area (Å²) in [5, 5.41) is 39.9. The summed E-state index contributed by atoms with van der Waals surface area (Å²) < 4.78 is 10.5. The highest BCUT2D eigenvalue weighted by Crippen LogP contribution is 2.23. The van der Waals surface area contributed by atoms with Crippen molar-refractivity contribution in [2.45, 2.75) is 31.0 Å². The molecule has 8 nitrogen and oxygen atoms in total. The van der Waals surface area contributed by atoms with Gasteiger partial charge in [-0.1, -0.05) is 24.3 Å². The second kappa shape index (κ2) is 7.79. The third kappa shape index (κ3) is 4.17. The van der Waals surface area contributed by atoms with Crippen LogP contribution < -0.4 is 4.74 Å². The number of non-ortho nitro benzene ring substituents is 1. The molecule has 0 bridgehead atoms. The molecule has 0 spiro atoms. The molecule has 0 amide bonds. The molecule has 0 aliphatic carbocycles. The Kier molecular flexibility index (Phi) is 5.48. The lowest BCUT2D eigenvalue weighted by Gasteiger charge is -2.35. The smallest absolute Gasteiger partial charge is 0.269 e. The highest BCUT2D eigenvalue weighted by Gasteiger charge is 2.39. The van der Waals surface area contributed by atoms with Gasteiger partial charge in [0.2, 0.25) is 0 Å². The monoisotopic (exact) mass is 361 g/mol. The van der Waals surface area contributed by atoms with E-state index in [4.69, 9.17) is 9.47 Å². The predicted octanol–water partition coefficient (Wildman–Crippen LogP) is 1.00. The van der Waals surface area contributed by atoms with Gasteiger partial charge >= 0.3 is 0 Å². The molecule has 26 heavy (non-hydrogen) atoms. The second-order valence-electron chi connectivity index (χ2n) is 6.11. The van der Waals surface area contributed by atoms with Crippen LogP contribution in [0.25, 0.3) is 0 Å². The van der Waals surface area contributed by atoms with Gasteiger partial charge < -0.3 is 24.8 Å². The van der Waals surface area contributed by atoms with Gasteiger partial charge in [0.05, 0.1) is 11.5 Å². The fourth-order valence-electron chi connectivity index (χ4n) is 2.72. The summed E-state index contributed by atoms with van der Waals surface area (Å²) in [5.74, 6) is 0.415. The van der Waals surface area contributed by atoms with Gasteiger partial charge in [-0.25, -0.2) is 0 Å². The first-order valence-corrected chi connectivity index (χ1v) is 8.09. The molecule has 1 aliphatic heterocycles. The van der Waals surface area contributed by atoms with Crippen LogP contribution in [0.3, 0.4) is 0 Å². The number of benzene rings is 2. The zero-order chi connectivity index (χ0) is 18.7. The van der Waals surface area contributed by atoms with Crippen LogP contribution in [-0.4, -0.2) is 51.5 Å². The largest absolute Gasteiger partial charge is 0.482 e. The van der Waals surface area contributed by atoms with E-state index >= 15 is 0 Å². The summed E-state index contributed by atoms with van der Waals surface area (Å²) in [5.41, 5.74) is 1.94. The number of aliphatic hydroxyl groups excluding tert-OH is 3. The van der Waals surface area contributed by atoms with Gasteiger partial charge in [-0.15, -0.1) is 0 Å². The van der Waals surface area contributed by atoms with Crippen molar-refractivity contribution in [3.8, 4) is 5.75 Å². The average Bonchev–Trinajstić information content (AvgIpc) is 2.64. The molecular weight excluding hydrogens is 342 g/mol. The van der Waals surface area contributed by atoms with Crippen molar-refractivity contribution in [1.82, 2.24) is 0 Å². The van der Waals surface area contributed by atoms with Crippen LogP contribution in [0.1, 0.15) is 11.1 Å². The maximum atomic E-state index is 10.7. The molecule has 2 aromatic carbocycles. The molecule has 0 saturated carbocycles. The lowest BCUT2D eigenvalue weighted by atomic mass is 10.0.